The van der Waals surface area contributed by atoms with E-state index in [0.717, 1.165) is 116 Å². The Morgan fingerprint density at radius 2 is 0.787 bits per heavy atom. The van der Waals surface area contributed by atoms with Gasteiger partial charge in [0, 0.05) is 6.42 Å². The highest BCUT2D eigenvalue weighted by Gasteiger charge is 2.44. The molecule has 7 atom stereocenters. The summed E-state index contributed by atoms with van der Waals surface area (Å²) in [6.45, 7) is 3.62. The number of carbonyl (C=O) groups is 1. The molecule has 1 heterocycles. The molecular weight excluding hydrogens is 995 g/mol. The van der Waals surface area contributed by atoms with Crippen molar-refractivity contribution in [3.8, 4) is 0 Å². The van der Waals surface area contributed by atoms with Crippen molar-refractivity contribution in [1.82, 2.24) is 5.32 Å². The van der Waals surface area contributed by atoms with E-state index in [0.29, 0.717) is 19.3 Å². The van der Waals surface area contributed by atoms with Crippen LogP contribution in [0, 0.1) is 0 Å². The van der Waals surface area contributed by atoms with Crippen LogP contribution in [0.5, 0.6) is 0 Å². The Kier molecular flexibility index (Phi) is 53.5. The van der Waals surface area contributed by atoms with Crippen LogP contribution in [0.2, 0.25) is 0 Å². The van der Waals surface area contributed by atoms with Gasteiger partial charge in [0.15, 0.2) is 6.29 Å². The predicted octanol–water partition coefficient (Wildman–Crippen LogP) is 16.8. The average Bonchev–Trinajstić information content (AvgIpc) is 3.46. The number of aliphatic hydroxyl groups is 5. The van der Waals surface area contributed by atoms with Gasteiger partial charge in [-0.2, -0.15) is 0 Å². The number of unbranched alkanes of at least 4 members (excludes halogenated alkanes) is 18. The van der Waals surface area contributed by atoms with Crippen LogP contribution in [0.4, 0.5) is 0 Å². The summed E-state index contributed by atoms with van der Waals surface area (Å²) in [6, 6.07) is -0.856. The Bertz CT molecular complexity index is 1810. The molecule has 7 unspecified atom stereocenters. The van der Waals surface area contributed by atoms with Gasteiger partial charge in [-0.3, -0.25) is 4.79 Å². The van der Waals surface area contributed by atoms with Crippen LogP contribution in [-0.4, -0.2) is 87.5 Å². The van der Waals surface area contributed by atoms with Crippen LogP contribution in [0.3, 0.4) is 0 Å². The first-order valence-corrected chi connectivity index (χ1v) is 31.7. The van der Waals surface area contributed by atoms with Crippen LogP contribution < -0.4 is 5.32 Å². The third kappa shape index (κ3) is 46.4. The number of allylic oxidation sites excluding steroid dienone is 25. The van der Waals surface area contributed by atoms with Crippen molar-refractivity contribution in [2.24, 2.45) is 0 Å². The zero-order chi connectivity index (χ0) is 57.9. The second kappa shape index (κ2) is 58.0. The zero-order valence-corrected chi connectivity index (χ0v) is 50.3. The summed E-state index contributed by atoms with van der Waals surface area (Å²) < 4.78 is 11.3. The van der Waals surface area contributed by atoms with E-state index in [1.807, 2.05) is 6.08 Å². The predicted molar refractivity (Wildman–Crippen MR) is 340 cm³/mol. The Morgan fingerprint density at radius 1 is 0.438 bits per heavy atom. The van der Waals surface area contributed by atoms with Crippen LogP contribution in [-0.2, 0) is 14.3 Å². The topological polar surface area (TPSA) is 149 Å². The molecule has 9 heteroatoms. The molecule has 9 nitrogen and oxygen atoms in total. The second-order valence-corrected chi connectivity index (χ2v) is 21.1. The number of hydrogen-bond acceptors (Lipinski definition) is 8. The molecule has 80 heavy (non-hydrogen) atoms. The lowest BCUT2D eigenvalue weighted by atomic mass is 9.99. The molecule has 0 aromatic rings. The first-order chi connectivity index (χ1) is 39.3. The second-order valence-electron chi connectivity index (χ2n) is 21.1. The van der Waals surface area contributed by atoms with Gasteiger partial charge in [0.25, 0.3) is 0 Å². The molecular formula is C71H115NO8. The van der Waals surface area contributed by atoms with E-state index in [-0.39, 0.29) is 12.5 Å². The number of aliphatic hydroxyl groups excluding tert-OH is 5. The molecule has 1 aliphatic rings. The fourth-order valence-electron chi connectivity index (χ4n) is 8.86. The van der Waals surface area contributed by atoms with Gasteiger partial charge in [-0.15, -0.1) is 0 Å². The summed E-state index contributed by atoms with van der Waals surface area (Å²) in [5.41, 5.74) is 0. The van der Waals surface area contributed by atoms with Gasteiger partial charge in [0.05, 0.1) is 25.4 Å². The lowest BCUT2D eigenvalue weighted by Crippen LogP contribution is -2.60. The normalized spacial score (nSPS) is 19.6. The van der Waals surface area contributed by atoms with Crippen molar-refractivity contribution in [2.75, 3.05) is 13.2 Å². The lowest BCUT2D eigenvalue weighted by molar-refractivity contribution is -0.302. The average molecular weight is 1110 g/mol. The molecule has 0 aliphatic carbocycles. The van der Waals surface area contributed by atoms with Crippen LogP contribution >= 0.6 is 0 Å². The third-order valence-electron chi connectivity index (χ3n) is 13.8. The Morgan fingerprint density at radius 3 is 1.20 bits per heavy atom. The maximum atomic E-state index is 13.1. The first-order valence-electron chi connectivity index (χ1n) is 31.7. The van der Waals surface area contributed by atoms with E-state index in [4.69, 9.17) is 9.47 Å². The van der Waals surface area contributed by atoms with E-state index in [1.54, 1.807) is 6.08 Å². The van der Waals surface area contributed by atoms with Gasteiger partial charge in [-0.25, -0.2) is 0 Å². The van der Waals surface area contributed by atoms with Gasteiger partial charge in [-0.1, -0.05) is 255 Å². The minimum atomic E-state index is -1.59. The van der Waals surface area contributed by atoms with Gasteiger partial charge in [-0.05, 0) is 122 Å². The molecule has 1 rings (SSSR count). The number of rotatable bonds is 52. The van der Waals surface area contributed by atoms with E-state index in [9.17, 15) is 30.3 Å². The molecule has 6 N–H and O–H groups in total. The Labute approximate surface area is 488 Å². The maximum absolute atomic E-state index is 13.1. The monoisotopic (exact) mass is 1110 g/mol. The zero-order valence-electron chi connectivity index (χ0n) is 50.3. The van der Waals surface area contributed by atoms with Gasteiger partial charge in [0.2, 0.25) is 5.91 Å². The number of hydrogen-bond donors (Lipinski definition) is 6. The summed E-state index contributed by atoms with van der Waals surface area (Å²) in [5.74, 6) is -0.222. The minimum absolute atomic E-state index is 0.222. The van der Waals surface area contributed by atoms with Crippen molar-refractivity contribution in [3.05, 3.63) is 158 Å². The summed E-state index contributed by atoms with van der Waals surface area (Å²) >= 11 is 0. The van der Waals surface area contributed by atoms with Crippen molar-refractivity contribution in [3.63, 3.8) is 0 Å². The molecule has 0 aromatic heterocycles. The van der Waals surface area contributed by atoms with Crippen LogP contribution in [0.1, 0.15) is 226 Å². The van der Waals surface area contributed by atoms with Gasteiger partial charge >= 0.3 is 0 Å². The standard InChI is InChI=1S/C71H115NO8/c1-3-5-7-9-11-13-15-17-19-21-23-25-27-28-29-30-31-32-33-34-35-36-37-38-39-41-43-45-47-49-51-53-55-57-59-61-67(75)72-64(63-79-71-70(78)69(77)68(76)66(62-73)80-71)65(74)60-58-56-54-52-50-48-46-44-42-40-26-24-22-20-18-16-14-12-10-8-6-4-2/h5,7,11,13,17,19,23,25,28-29,31-32,34-35,37-38,41-44,47,49-50,52,58,60,64-66,68-71,73-74,76-78H,3-4,6,8-10,12,14-16,18,20-22,24,26-27,30,33,36,39-40,45-46,48,51,53-57,59,61-63H2,1-2H3,(H,72,75)/b7-5-,13-11-,19-17-,25-23-,29-28-,32-31-,35-34-,38-37-,43-41-,44-42+,49-47-,52-50+,60-58+. The molecule has 0 saturated carbocycles. The molecule has 0 radical (unpaired) electrons. The summed E-state index contributed by atoms with van der Waals surface area (Å²) in [5, 5.41) is 54.6. The van der Waals surface area contributed by atoms with E-state index < -0.39 is 49.5 Å². The van der Waals surface area contributed by atoms with Gasteiger partial charge < -0.3 is 40.3 Å². The number of amides is 1. The molecule has 1 amide bonds. The SMILES string of the molecule is CC/C=C\C/C=C\C/C=C\C/C=C\C/C=C\C/C=C\C/C=C\C/C=C\C/C=C\C/C=C\CCCCCCC(=O)NC(COC1OC(CO)C(O)C(O)C1O)C(O)/C=C/CC/C=C/CC/C=C/CCCCCCCCCCCCCC. The van der Waals surface area contributed by atoms with Crippen molar-refractivity contribution >= 4 is 5.91 Å². The summed E-state index contributed by atoms with van der Waals surface area (Å²) in [6.07, 6.45) is 84.6. The molecule has 452 valence electrons. The maximum Gasteiger partial charge on any atom is 0.220 e. The van der Waals surface area contributed by atoms with Crippen molar-refractivity contribution in [1.29, 1.82) is 0 Å². The molecule has 1 saturated heterocycles. The molecule has 0 bridgehead atoms. The summed E-state index contributed by atoms with van der Waals surface area (Å²) in [4.78, 5) is 13.1. The fraction of sp³-hybridized carbons (Fsp3) is 0.620. The van der Waals surface area contributed by atoms with Crippen LogP contribution in [0.15, 0.2) is 158 Å². The van der Waals surface area contributed by atoms with Gasteiger partial charge in [0.1, 0.15) is 24.4 Å². The molecule has 0 aromatic carbocycles. The van der Waals surface area contributed by atoms with E-state index in [1.165, 1.54) is 77.0 Å². The lowest BCUT2D eigenvalue weighted by Gasteiger charge is -2.40. The molecule has 1 aliphatic heterocycles. The highest BCUT2D eigenvalue weighted by atomic mass is 16.7. The first kappa shape index (κ1) is 73.8. The van der Waals surface area contributed by atoms with Crippen molar-refractivity contribution in [2.45, 2.75) is 269 Å². The quantitative estimate of drug-likeness (QED) is 0.0261. The number of carbonyl (C=O) groups excluding carboxylic acids is 1. The smallest absolute Gasteiger partial charge is 0.220 e. The highest BCUT2D eigenvalue weighted by molar-refractivity contribution is 5.76. The van der Waals surface area contributed by atoms with E-state index in [2.05, 4.69) is 165 Å². The third-order valence-corrected chi connectivity index (χ3v) is 13.8. The Balaban J connectivity index is 2.27. The molecule has 1 fully saturated rings. The summed E-state index contributed by atoms with van der Waals surface area (Å²) in [7, 11) is 0. The number of ether oxygens (including phenoxy) is 2. The van der Waals surface area contributed by atoms with Crippen LogP contribution in [0.25, 0.3) is 0 Å². The largest absolute Gasteiger partial charge is 0.394 e. The number of nitrogens with one attached hydrogen (secondary N) is 1. The van der Waals surface area contributed by atoms with E-state index >= 15 is 0 Å². The fourth-order valence-corrected chi connectivity index (χ4v) is 8.86. The Hall–Kier alpha value is -4.19. The minimum Gasteiger partial charge on any atom is -0.394 e. The molecule has 0 spiro atoms. The highest BCUT2D eigenvalue weighted by Crippen LogP contribution is 2.23. The van der Waals surface area contributed by atoms with Crippen molar-refractivity contribution < 1.29 is 39.8 Å².